The smallest absolute Gasteiger partial charge is 0.238 e. The van der Waals surface area contributed by atoms with Gasteiger partial charge in [0.1, 0.15) is 0 Å². The fraction of sp³-hybridized carbons (Fsp3) is 0.0303. The first kappa shape index (κ1) is 43.3. The van der Waals surface area contributed by atoms with Crippen molar-refractivity contribution >= 4 is 43.6 Å². The number of rotatable bonds is 8. The number of aryl methyl sites for hydroxylation is 2. The number of fused-ring (bicyclic) bond motifs is 10. The summed E-state index contributed by atoms with van der Waals surface area (Å²) in [5.74, 6) is 3.48. The second kappa shape index (κ2) is 17.7. The predicted molar refractivity (Wildman–Crippen MR) is 303 cm³/mol. The summed E-state index contributed by atoms with van der Waals surface area (Å²) in [5, 5.41) is 4.41. The van der Waals surface area contributed by atoms with Gasteiger partial charge in [0, 0.05) is 67.3 Å². The summed E-state index contributed by atoms with van der Waals surface area (Å²) < 4.78 is 4.49. The first-order valence-electron chi connectivity index (χ1n) is 25.5. The van der Waals surface area contributed by atoms with Crippen LogP contribution in [-0.4, -0.2) is 49.0 Å². The van der Waals surface area contributed by atoms with E-state index in [2.05, 4.69) is 106 Å². The molecule has 10 heteroatoms. The number of hydrogen-bond donors (Lipinski definition) is 0. The third-order valence-electron chi connectivity index (χ3n) is 14.7. The van der Waals surface area contributed by atoms with Gasteiger partial charge in [-0.25, -0.2) is 9.97 Å². The predicted octanol–water partition coefficient (Wildman–Crippen LogP) is 14.8. The Balaban J connectivity index is 1.01. The van der Waals surface area contributed by atoms with E-state index < -0.39 is 0 Å². The number of nitrogens with zero attached hydrogens (tertiary/aromatic N) is 10. The van der Waals surface area contributed by atoms with Crippen molar-refractivity contribution in [1.82, 2.24) is 49.0 Å². The van der Waals surface area contributed by atoms with Crippen molar-refractivity contribution in [2.75, 3.05) is 0 Å². The molecule has 0 N–H and O–H groups in total. The molecule has 0 saturated carbocycles. The molecule has 0 amide bonds. The van der Waals surface area contributed by atoms with Crippen LogP contribution in [0.3, 0.4) is 0 Å². The molecular weight excluding hydrogens is 933 g/mol. The van der Waals surface area contributed by atoms with Crippen molar-refractivity contribution in [3.8, 4) is 91.1 Å². The van der Waals surface area contributed by atoms with Crippen molar-refractivity contribution in [1.29, 1.82) is 0 Å². The Morgan fingerprint density at radius 1 is 0.303 bits per heavy atom. The number of benzene rings is 8. The molecule has 8 aromatic carbocycles. The Morgan fingerprint density at radius 2 is 0.750 bits per heavy atom. The lowest BCUT2D eigenvalue weighted by Crippen LogP contribution is -2.10. The zero-order valence-electron chi connectivity index (χ0n) is 40.8. The normalized spacial score (nSPS) is 12.1. The highest BCUT2D eigenvalue weighted by Crippen LogP contribution is 2.46. The second-order valence-electron chi connectivity index (χ2n) is 19.1. The molecule has 6 aromatic heterocycles. The maximum atomic E-state index is 5.34. The third kappa shape index (κ3) is 7.26. The van der Waals surface area contributed by atoms with Crippen LogP contribution in [0.1, 0.15) is 11.1 Å². The average molecular weight is 975 g/mol. The molecule has 0 saturated heterocycles. The summed E-state index contributed by atoms with van der Waals surface area (Å²) in [4.78, 5) is 41.0. The van der Waals surface area contributed by atoms with E-state index in [0.717, 1.165) is 112 Å². The van der Waals surface area contributed by atoms with Gasteiger partial charge in [-0.2, -0.15) is 19.9 Å². The summed E-state index contributed by atoms with van der Waals surface area (Å²) in [6, 6.07) is 75.3. The van der Waals surface area contributed by atoms with Crippen LogP contribution in [0, 0.1) is 0 Å². The first-order chi connectivity index (χ1) is 37.7. The van der Waals surface area contributed by atoms with Gasteiger partial charge in [0.05, 0.1) is 33.5 Å². The number of hydrogen-bond acceptors (Lipinski definition) is 8. The van der Waals surface area contributed by atoms with Gasteiger partial charge in [0.25, 0.3) is 0 Å². The van der Waals surface area contributed by atoms with Crippen LogP contribution in [0.2, 0.25) is 0 Å². The summed E-state index contributed by atoms with van der Waals surface area (Å²) in [7, 11) is 0. The molecule has 356 valence electrons. The van der Waals surface area contributed by atoms with E-state index in [-0.39, 0.29) is 0 Å². The van der Waals surface area contributed by atoms with Crippen LogP contribution < -0.4 is 0 Å². The van der Waals surface area contributed by atoms with Gasteiger partial charge in [-0.3, -0.25) is 19.1 Å². The van der Waals surface area contributed by atoms with Crippen molar-refractivity contribution in [2.24, 2.45) is 0 Å². The van der Waals surface area contributed by atoms with Crippen LogP contribution in [0.25, 0.3) is 135 Å². The highest BCUT2D eigenvalue weighted by Gasteiger charge is 2.28. The molecule has 0 unspecified atom stereocenters. The van der Waals surface area contributed by atoms with E-state index in [1.54, 1.807) is 0 Å². The van der Waals surface area contributed by atoms with Gasteiger partial charge in [-0.15, -0.1) is 0 Å². The van der Waals surface area contributed by atoms with Crippen LogP contribution in [0.15, 0.2) is 231 Å². The fourth-order valence-electron chi connectivity index (χ4n) is 11.1. The molecule has 0 atom stereocenters. The van der Waals surface area contributed by atoms with Crippen molar-refractivity contribution in [3.63, 3.8) is 0 Å². The van der Waals surface area contributed by atoms with Crippen molar-refractivity contribution < 1.29 is 0 Å². The minimum absolute atomic E-state index is 0.534. The third-order valence-corrected chi connectivity index (χ3v) is 14.7. The standard InChI is InChI=1S/C66H42N10/c1-5-17-41(18-6-1)61-69-62(42-19-7-2-8-20-42)72-65(71-61)75-57-33-28-47(56-26-14-16-36-68-56)39-53(57)54-37-45-27-30-49-48(51(45)40-59(54)75)31-32-50-52-38-46(55-25-13-15-35-67-55)29-34-58(52)76(60(49)50)66-73-63(43-21-9-3-10-22-43)70-64(74-66)44-23-11-4-12-24-44/h1-26,28-29,31-40H,27,30H2. The molecule has 1 aliphatic carbocycles. The minimum Gasteiger partial charge on any atom is -0.278 e. The summed E-state index contributed by atoms with van der Waals surface area (Å²) in [5.41, 5.74) is 16.4. The molecule has 10 nitrogen and oxygen atoms in total. The van der Waals surface area contributed by atoms with Gasteiger partial charge in [0.2, 0.25) is 11.9 Å². The highest BCUT2D eigenvalue weighted by atomic mass is 15.2. The SMILES string of the molecule is c1ccc(-c2nc(-c3ccccc3)nc(-n3c4ccc(-c5ccccn5)cc4c4cc5c(cc43)-c3ccc4c6cc(-c7ccccn7)ccc6n(-c6nc(-c7ccccc7)nc(-c7ccccc7)n6)c4c3CC5)n2)cc1. The largest absolute Gasteiger partial charge is 0.278 e. The topological polar surface area (TPSA) is 113 Å². The lowest BCUT2D eigenvalue weighted by molar-refractivity contribution is 0.920. The highest BCUT2D eigenvalue weighted by molar-refractivity contribution is 6.15. The molecular formula is C66H42N10. The first-order valence-corrected chi connectivity index (χ1v) is 25.5. The van der Waals surface area contributed by atoms with E-state index in [9.17, 15) is 0 Å². The molecule has 0 spiro atoms. The Bertz CT molecular complexity index is 4380. The second-order valence-corrected chi connectivity index (χ2v) is 19.1. The zero-order valence-corrected chi connectivity index (χ0v) is 40.8. The van der Waals surface area contributed by atoms with E-state index in [1.165, 1.54) is 11.1 Å². The number of aromatic nitrogens is 10. The quantitative estimate of drug-likeness (QED) is 0.148. The molecule has 76 heavy (non-hydrogen) atoms. The fourth-order valence-corrected chi connectivity index (χ4v) is 11.1. The van der Waals surface area contributed by atoms with Crippen LogP contribution in [-0.2, 0) is 12.8 Å². The van der Waals surface area contributed by atoms with E-state index >= 15 is 0 Å². The van der Waals surface area contributed by atoms with Crippen LogP contribution >= 0.6 is 0 Å². The lowest BCUT2D eigenvalue weighted by atomic mass is 9.83. The van der Waals surface area contributed by atoms with Crippen molar-refractivity contribution in [3.05, 3.63) is 242 Å². The zero-order chi connectivity index (χ0) is 50.1. The minimum atomic E-state index is 0.534. The molecule has 14 aromatic rings. The van der Waals surface area contributed by atoms with Gasteiger partial charge >= 0.3 is 0 Å². The van der Waals surface area contributed by atoms with Gasteiger partial charge in [0.15, 0.2) is 23.3 Å². The van der Waals surface area contributed by atoms with Gasteiger partial charge < -0.3 is 0 Å². The average Bonchev–Trinajstić information content (AvgIpc) is 4.14. The Kier molecular flexibility index (Phi) is 10.1. The monoisotopic (exact) mass is 974 g/mol. The maximum absolute atomic E-state index is 5.34. The molecule has 0 radical (unpaired) electrons. The van der Waals surface area contributed by atoms with Crippen molar-refractivity contribution in [2.45, 2.75) is 12.8 Å². The van der Waals surface area contributed by atoms with Gasteiger partial charge in [-0.05, 0) is 95.8 Å². The summed E-state index contributed by atoms with van der Waals surface area (Å²) >= 11 is 0. The molecule has 0 fully saturated rings. The molecule has 1 aliphatic rings. The van der Waals surface area contributed by atoms with E-state index in [4.69, 9.17) is 39.9 Å². The van der Waals surface area contributed by atoms with Crippen LogP contribution in [0.5, 0.6) is 0 Å². The Labute approximate surface area is 436 Å². The van der Waals surface area contributed by atoms with Gasteiger partial charge in [-0.1, -0.05) is 158 Å². The lowest BCUT2D eigenvalue weighted by Gasteiger charge is -2.22. The van der Waals surface area contributed by atoms with E-state index in [1.807, 2.05) is 134 Å². The molecule has 0 bridgehead atoms. The molecule has 0 aliphatic heterocycles. The molecule has 15 rings (SSSR count). The molecule has 6 heterocycles. The van der Waals surface area contributed by atoms with E-state index in [0.29, 0.717) is 35.2 Å². The van der Waals surface area contributed by atoms with Crippen LogP contribution in [0.4, 0.5) is 0 Å². The Morgan fingerprint density at radius 3 is 1.24 bits per heavy atom. The summed E-state index contributed by atoms with van der Waals surface area (Å²) in [6.07, 6.45) is 5.30. The maximum Gasteiger partial charge on any atom is 0.238 e. The summed E-state index contributed by atoms with van der Waals surface area (Å²) in [6.45, 7) is 0. The number of pyridine rings is 2. The Hall–Kier alpha value is -10.3.